The maximum Gasteiger partial charge on any atom is 0.0713 e. The van der Waals surface area contributed by atoms with Crippen molar-refractivity contribution in [3.05, 3.63) is 191 Å². The predicted octanol–water partition coefficient (Wildman–Crippen LogP) is 15.9. The Morgan fingerprint density at radius 3 is 1.25 bits per heavy atom. The molecule has 0 N–H and O–H groups in total. The van der Waals surface area contributed by atoms with Crippen LogP contribution in [0.4, 0.5) is 0 Å². The summed E-state index contributed by atoms with van der Waals surface area (Å²) < 4.78 is 0. The van der Waals surface area contributed by atoms with E-state index >= 15 is 0 Å². The molecule has 6 aromatic rings. The lowest BCUT2D eigenvalue weighted by molar-refractivity contribution is 0.346. The average Bonchev–Trinajstić information content (AvgIpc) is 3.83. The molecule has 0 bridgehead atoms. The molecule has 294 valence electrons. The Morgan fingerprint density at radius 1 is 0.418 bits per heavy atom. The molecule has 0 aromatic heterocycles. The Morgan fingerprint density at radius 2 is 0.800 bits per heavy atom. The SMILES string of the molecule is CC.CC.CC.CC.CC.CC.CCN(C)Cc1cccc2c1-c1ccccc1C2.c1ccc(C2(c3ccccc3)c3ccccc3-c3ccccc32)cc1. The van der Waals surface area contributed by atoms with Gasteiger partial charge in [-0.15, -0.1) is 0 Å². The molecule has 1 heteroatoms. The van der Waals surface area contributed by atoms with Gasteiger partial charge in [0.15, 0.2) is 0 Å². The lowest BCUT2D eigenvalue weighted by atomic mass is 9.68. The van der Waals surface area contributed by atoms with Gasteiger partial charge in [0.1, 0.15) is 0 Å². The van der Waals surface area contributed by atoms with E-state index in [2.05, 4.69) is 171 Å². The second-order valence-electron chi connectivity index (χ2n) is 11.7. The Labute approximate surface area is 338 Å². The van der Waals surface area contributed by atoms with Gasteiger partial charge in [0.25, 0.3) is 0 Å². The molecule has 2 aliphatic carbocycles. The molecule has 8 rings (SSSR count). The number of hydrogen-bond acceptors (Lipinski definition) is 1. The zero-order valence-electron chi connectivity index (χ0n) is 37.0. The van der Waals surface area contributed by atoms with Gasteiger partial charge in [0, 0.05) is 6.54 Å². The minimum absolute atomic E-state index is 0.254. The van der Waals surface area contributed by atoms with Gasteiger partial charge in [-0.3, -0.25) is 0 Å². The summed E-state index contributed by atoms with van der Waals surface area (Å²) in [5, 5.41) is 0. The molecule has 6 aromatic carbocycles. The van der Waals surface area contributed by atoms with E-state index in [1.165, 1.54) is 61.2 Å². The number of hydrogen-bond donors (Lipinski definition) is 0. The van der Waals surface area contributed by atoms with Gasteiger partial charge in [0.2, 0.25) is 0 Å². The van der Waals surface area contributed by atoms with Crippen molar-refractivity contribution in [1.29, 1.82) is 0 Å². The van der Waals surface area contributed by atoms with Crippen molar-refractivity contribution in [1.82, 2.24) is 4.90 Å². The quantitative estimate of drug-likeness (QED) is 0.170. The molecule has 0 saturated carbocycles. The molecule has 0 spiro atoms. The van der Waals surface area contributed by atoms with E-state index in [1.807, 2.05) is 83.1 Å². The second kappa shape index (κ2) is 27.0. The molecule has 0 heterocycles. The van der Waals surface area contributed by atoms with Gasteiger partial charge in [-0.25, -0.2) is 0 Å². The van der Waals surface area contributed by atoms with Crippen molar-refractivity contribution in [2.45, 2.75) is 108 Å². The first-order valence-electron chi connectivity index (χ1n) is 21.4. The predicted molar refractivity (Wildman–Crippen MR) is 249 cm³/mol. The zero-order valence-corrected chi connectivity index (χ0v) is 37.0. The van der Waals surface area contributed by atoms with Crippen LogP contribution < -0.4 is 0 Å². The first-order chi connectivity index (χ1) is 27.2. The Hall–Kier alpha value is -4.72. The maximum atomic E-state index is 2.36. The highest BCUT2D eigenvalue weighted by Gasteiger charge is 2.45. The molecule has 0 saturated heterocycles. The molecule has 0 aliphatic heterocycles. The third-order valence-corrected chi connectivity index (χ3v) is 9.25. The van der Waals surface area contributed by atoms with Crippen molar-refractivity contribution in [3.63, 3.8) is 0 Å². The zero-order chi connectivity index (χ0) is 41.2. The van der Waals surface area contributed by atoms with E-state index in [-0.39, 0.29) is 5.41 Å². The molecule has 0 amide bonds. The Balaban J connectivity index is 0.000000446. The number of nitrogens with zero attached hydrogens (tertiary/aromatic N) is 1. The van der Waals surface area contributed by atoms with Crippen molar-refractivity contribution in [2.24, 2.45) is 0 Å². The normalized spacial score (nSPS) is 11.1. The minimum atomic E-state index is -0.254. The van der Waals surface area contributed by atoms with Crippen molar-refractivity contribution in [2.75, 3.05) is 13.6 Å². The van der Waals surface area contributed by atoms with Gasteiger partial charge in [-0.1, -0.05) is 242 Å². The van der Waals surface area contributed by atoms with Crippen molar-refractivity contribution < 1.29 is 0 Å². The lowest BCUT2D eigenvalue weighted by Crippen LogP contribution is -2.28. The van der Waals surface area contributed by atoms with Crippen LogP contribution in [0.15, 0.2) is 152 Å². The first kappa shape index (κ1) is 48.3. The highest BCUT2D eigenvalue weighted by Crippen LogP contribution is 2.55. The summed E-state index contributed by atoms with van der Waals surface area (Å²) in [5.41, 5.74) is 15.1. The van der Waals surface area contributed by atoms with Gasteiger partial charge < -0.3 is 4.90 Å². The summed E-state index contributed by atoms with van der Waals surface area (Å²) in [6, 6.07) is 55.0. The summed E-state index contributed by atoms with van der Waals surface area (Å²) in [6.07, 6.45) is 1.09. The van der Waals surface area contributed by atoms with Crippen LogP contribution >= 0.6 is 0 Å². The number of rotatable bonds is 5. The van der Waals surface area contributed by atoms with Crippen LogP contribution in [-0.2, 0) is 18.4 Å². The molecule has 55 heavy (non-hydrogen) atoms. The summed E-state index contributed by atoms with van der Waals surface area (Å²) in [4.78, 5) is 2.36. The van der Waals surface area contributed by atoms with E-state index < -0.39 is 0 Å². The van der Waals surface area contributed by atoms with Crippen molar-refractivity contribution in [3.8, 4) is 22.3 Å². The summed E-state index contributed by atoms with van der Waals surface area (Å²) in [6.45, 7) is 28.3. The molecule has 0 atom stereocenters. The molecular formula is C54H73N. The lowest BCUT2D eigenvalue weighted by Gasteiger charge is -2.33. The van der Waals surface area contributed by atoms with E-state index in [4.69, 9.17) is 0 Å². The number of fused-ring (bicyclic) bond motifs is 6. The van der Waals surface area contributed by atoms with Crippen LogP contribution in [0.25, 0.3) is 22.3 Å². The summed E-state index contributed by atoms with van der Waals surface area (Å²) in [5.74, 6) is 0. The van der Waals surface area contributed by atoms with E-state index in [0.29, 0.717) is 0 Å². The monoisotopic (exact) mass is 736 g/mol. The van der Waals surface area contributed by atoms with Gasteiger partial charge in [0.05, 0.1) is 5.41 Å². The van der Waals surface area contributed by atoms with E-state index in [1.54, 1.807) is 0 Å². The average molecular weight is 736 g/mol. The van der Waals surface area contributed by atoms with Gasteiger partial charge in [-0.05, 0) is 81.2 Å². The maximum absolute atomic E-state index is 2.36. The summed E-state index contributed by atoms with van der Waals surface area (Å²) in [7, 11) is 2.18. The molecule has 0 radical (unpaired) electrons. The Kier molecular flexibility index (Phi) is 23.7. The largest absolute Gasteiger partial charge is 0.302 e. The van der Waals surface area contributed by atoms with Gasteiger partial charge >= 0.3 is 0 Å². The standard InChI is InChI=1S/C25H18.C17H19N.6C2H6/c1-3-11-19(12-4-1)25(20-13-5-2-6-14-20)23-17-9-7-15-21(23)22-16-8-10-18-24(22)25;1-3-18(2)12-15-9-6-8-14-11-13-7-4-5-10-16(13)17(14)15;6*1-2/h1-18H;4-10H,3,11-12H2,1-2H3;6*1-2H3. The molecule has 1 nitrogen and oxygen atoms in total. The van der Waals surface area contributed by atoms with Gasteiger partial charge in [-0.2, -0.15) is 0 Å². The Bertz CT molecular complexity index is 1780. The summed E-state index contributed by atoms with van der Waals surface area (Å²) >= 11 is 0. The smallest absolute Gasteiger partial charge is 0.0713 e. The second-order valence-corrected chi connectivity index (χ2v) is 11.7. The fourth-order valence-electron chi connectivity index (χ4n) is 7.20. The first-order valence-corrected chi connectivity index (χ1v) is 21.4. The molecular weight excluding hydrogens is 663 g/mol. The topological polar surface area (TPSA) is 3.24 Å². The highest BCUT2D eigenvalue weighted by atomic mass is 15.1. The molecule has 0 unspecified atom stereocenters. The molecule has 0 fully saturated rings. The van der Waals surface area contributed by atoms with E-state index in [9.17, 15) is 0 Å². The van der Waals surface area contributed by atoms with Crippen molar-refractivity contribution >= 4 is 0 Å². The molecule has 2 aliphatic rings. The van der Waals surface area contributed by atoms with E-state index in [0.717, 1.165) is 19.5 Å². The van der Waals surface area contributed by atoms with Crippen LogP contribution in [0.1, 0.15) is 129 Å². The third-order valence-electron chi connectivity index (χ3n) is 9.25. The van der Waals surface area contributed by atoms with Crippen LogP contribution in [0, 0.1) is 0 Å². The third kappa shape index (κ3) is 11.0. The minimum Gasteiger partial charge on any atom is -0.302 e. The van der Waals surface area contributed by atoms with Crippen LogP contribution in [-0.4, -0.2) is 18.5 Å². The number of benzene rings is 6. The van der Waals surface area contributed by atoms with Crippen LogP contribution in [0.5, 0.6) is 0 Å². The van der Waals surface area contributed by atoms with Crippen LogP contribution in [0.3, 0.4) is 0 Å². The fraction of sp³-hybridized carbons (Fsp3) is 0.333. The highest BCUT2D eigenvalue weighted by molar-refractivity contribution is 5.86. The van der Waals surface area contributed by atoms with Crippen LogP contribution in [0.2, 0.25) is 0 Å². The fourth-order valence-corrected chi connectivity index (χ4v) is 7.20.